The molecule has 1 aliphatic rings. The molecular formula is C21H15N3O3S. The van der Waals surface area contributed by atoms with Gasteiger partial charge in [-0.1, -0.05) is 42.5 Å². The van der Waals surface area contributed by atoms with Crippen LogP contribution in [0.4, 0.5) is 0 Å². The molecule has 1 saturated heterocycles. The number of aliphatic imine (C=N–C) groups is 1. The van der Waals surface area contributed by atoms with Crippen molar-refractivity contribution in [3.63, 3.8) is 0 Å². The van der Waals surface area contributed by atoms with E-state index in [1.54, 1.807) is 36.5 Å². The van der Waals surface area contributed by atoms with Crippen LogP contribution >= 0.6 is 11.8 Å². The summed E-state index contributed by atoms with van der Waals surface area (Å²) in [4.78, 5) is 32.9. The van der Waals surface area contributed by atoms with Gasteiger partial charge in [0.25, 0.3) is 5.91 Å². The van der Waals surface area contributed by atoms with Crippen LogP contribution in [0.2, 0.25) is 0 Å². The number of pyridine rings is 1. The van der Waals surface area contributed by atoms with Crippen molar-refractivity contribution in [3.8, 4) is 0 Å². The second-order valence-corrected chi connectivity index (χ2v) is 7.14. The van der Waals surface area contributed by atoms with Gasteiger partial charge in [-0.15, -0.1) is 0 Å². The number of carboxylic acids is 1. The summed E-state index contributed by atoms with van der Waals surface area (Å²) in [5, 5.41) is 13.4. The summed E-state index contributed by atoms with van der Waals surface area (Å²) in [6, 6.07) is 17.2. The topological polar surface area (TPSA) is 91.7 Å². The Morgan fingerprint density at radius 2 is 1.96 bits per heavy atom. The predicted molar refractivity (Wildman–Crippen MR) is 110 cm³/mol. The molecule has 1 fully saturated rings. The molecule has 138 valence electrons. The quantitative estimate of drug-likeness (QED) is 0.665. The molecule has 2 N–H and O–H groups in total. The number of carbonyl (C=O) groups excluding carboxylic acids is 1. The van der Waals surface area contributed by atoms with Gasteiger partial charge in [0, 0.05) is 11.6 Å². The third kappa shape index (κ3) is 3.79. The number of carbonyl (C=O) groups is 2. The zero-order valence-electron chi connectivity index (χ0n) is 14.6. The van der Waals surface area contributed by atoms with Crippen LogP contribution in [0.1, 0.15) is 17.2 Å². The zero-order valence-corrected chi connectivity index (χ0v) is 15.4. The van der Waals surface area contributed by atoms with Gasteiger partial charge in [0.1, 0.15) is 0 Å². The SMILES string of the molecule is O=C1NC(=N[C@@H](C(=O)O)c2ccccc2)S/C1=C\c1ccc2ncccc2c1. The van der Waals surface area contributed by atoms with E-state index in [4.69, 9.17) is 0 Å². The molecule has 0 saturated carbocycles. The molecular weight excluding hydrogens is 374 g/mol. The molecule has 28 heavy (non-hydrogen) atoms. The monoisotopic (exact) mass is 389 g/mol. The Kier molecular flexibility index (Phi) is 4.90. The number of fused-ring (bicyclic) bond motifs is 1. The van der Waals surface area contributed by atoms with E-state index >= 15 is 0 Å². The van der Waals surface area contributed by atoms with Crippen molar-refractivity contribution in [2.45, 2.75) is 6.04 Å². The van der Waals surface area contributed by atoms with Crippen molar-refractivity contribution < 1.29 is 14.7 Å². The lowest BCUT2D eigenvalue weighted by Crippen LogP contribution is -2.22. The van der Waals surface area contributed by atoms with E-state index in [1.807, 2.05) is 36.4 Å². The van der Waals surface area contributed by atoms with E-state index in [1.165, 1.54) is 0 Å². The summed E-state index contributed by atoms with van der Waals surface area (Å²) in [7, 11) is 0. The van der Waals surface area contributed by atoms with Crippen molar-refractivity contribution in [3.05, 3.63) is 82.9 Å². The Balaban J connectivity index is 1.61. The first-order valence-electron chi connectivity index (χ1n) is 8.51. The van der Waals surface area contributed by atoms with Crippen LogP contribution in [-0.4, -0.2) is 27.1 Å². The minimum absolute atomic E-state index is 0.273. The van der Waals surface area contributed by atoms with Crippen LogP contribution in [0.3, 0.4) is 0 Å². The van der Waals surface area contributed by atoms with Crippen LogP contribution in [-0.2, 0) is 9.59 Å². The smallest absolute Gasteiger partial charge is 0.333 e. The minimum Gasteiger partial charge on any atom is -0.479 e. The lowest BCUT2D eigenvalue weighted by Gasteiger charge is -2.08. The van der Waals surface area contributed by atoms with Crippen molar-refractivity contribution in [2.24, 2.45) is 4.99 Å². The fraction of sp³-hybridized carbons (Fsp3) is 0.0476. The Labute approximate surface area is 165 Å². The number of rotatable bonds is 4. The number of benzene rings is 2. The summed E-state index contributed by atoms with van der Waals surface area (Å²) in [6.07, 6.45) is 3.49. The van der Waals surface area contributed by atoms with Gasteiger partial charge in [0.05, 0.1) is 10.4 Å². The number of amidine groups is 1. The fourth-order valence-electron chi connectivity index (χ4n) is 2.85. The van der Waals surface area contributed by atoms with Gasteiger partial charge in [0.15, 0.2) is 11.2 Å². The molecule has 6 nitrogen and oxygen atoms in total. The highest BCUT2D eigenvalue weighted by atomic mass is 32.2. The number of aromatic nitrogens is 1. The van der Waals surface area contributed by atoms with E-state index in [2.05, 4.69) is 15.3 Å². The highest BCUT2D eigenvalue weighted by Gasteiger charge is 2.27. The van der Waals surface area contributed by atoms with Crippen LogP contribution < -0.4 is 5.32 Å². The molecule has 0 unspecified atom stereocenters. The van der Waals surface area contributed by atoms with Crippen molar-refractivity contribution in [1.29, 1.82) is 0 Å². The van der Waals surface area contributed by atoms with Crippen LogP contribution in [0.15, 0.2) is 76.8 Å². The third-order valence-corrected chi connectivity index (χ3v) is 5.10. The van der Waals surface area contributed by atoms with Crippen LogP contribution in [0.5, 0.6) is 0 Å². The van der Waals surface area contributed by atoms with Crippen molar-refractivity contribution in [1.82, 2.24) is 10.3 Å². The van der Waals surface area contributed by atoms with E-state index in [9.17, 15) is 14.7 Å². The first kappa shape index (κ1) is 17.9. The first-order chi connectivity index (χ1) is 13.6. The maximum atomic E-state index is 12.3. The maximum Gasteiger partial charge on any atom is 0.333 e. The molecule has 1 aromatic heterocycles. The molecule has 2 aromatic carbocycles. The number of hydrogen-bond acceptors (Lipinski definition) is 5. The molecule has 0 aliphatic carbocycles. The zero-order chi connectivity index (χ0) is 19.5. The molecule has 0 bridgehead atoms. The number of aliphatic carboxylic acids is 1. The van der Waals surface area contributed by atoms with Crippen molar-refractivity contribution >= 4 is 45.8 Å². The molecule has 2 heterocycles. The Morgan fingerprint density at radius 3 is 2.75 bits per heavy atom. The standard InChI is InChI=1S/C21H15N3O3S/c25-19-17(12-13-8-9-16-15(11-13)7-4-10-22-16)28-21(24-19)23-18(20(26)27)14-5-2-1-3-6-14/h1-12,18H,(H,26,27)(H,23,24,25)/b17-12-/t18-/m1/s1. The van der Waals surface area contributed by atoms with E-state index < -0.39 is 12.0 Å². The lowest BCUT2D eigenvalue weighted by molar-refractivity contribution is -0.138. The molecule has 1 amide bonds. The van der Waals surface area contributed by atoms with Gasteiger partial charge in [-0.3, -0.25) is 9.78 Å². The maximum absolute atomic E-state index is 12.3. The van der Waals surface area contributed by atoms with Gasteiger partial charge in [-0.05, 0) is 47.2 Å². The highest BCUT2D eigenvalue weighted by Crippen LogP contribution is 2.29. The normalized spacial score (nSPS) is 17.8. The molecule has 0 spiro atoms. The van der Waals surface area contributed by atoms with Crippen molar-refractivity contribution in [2.75, 3.05) is 0 Å². The Hall–Kier alpha value is -3.45. The Bertz CT molecular complexity index is 1130. The number of carboxylic acid groups (broad SMARTS) is 1. The third-order valence-electron chi connectivity index (χ3n) is 4.17. The lowest BCUT2D eigenvalue weighted by atomic mass is 10.1. The van der Waals surface area contributed by atoms with E-state index in [-0.39, 0.29) is 11.1 Å². The number of thioether (sulfide) groups is 1. The molecule has 3 aromatic rings. The predicted octanol–water partition coefficient (Wildman–Crippen LogP) is 3.62. The van der Waals surface area contributed by atoms with Gasteiger partial charge >= 0.3 is 5.97 Å². The van der Waals surface area contributed by atoms with Gasteiger partial charge < -0.3 is 10.4 Å². The largest absolute Gasteiger partial charge is 0.479 e. The summed E-state index contributed by atoms with van der Waals surface area (Å²) in [6.45, 7) is 0. The summed E-state index contributed by atoms with van der Waals surface area (Å²) in [5.74, 6) is -1.37. The summed E-state index contributed by atoms with van der Waals surface area (Å²) >= 11 is 1.13. The van der Waals surface area contributed by atoms with E-state index in [0.717, 1.165) is 28.2 Å². The summed E-state index contributed by atoms with van der Waals surface area (Å²) in [5.41, 5.74) is 2.29. The number of nitrogens with zero attached hydrogens (tertiary/aromatic N) is 2. The number of amides is 1. The number of hydrogen-bond donors (Lipinski definition) is 2. The average molecular weight is 389 g/mol. The van der Waals surface area contributed by atoms with Crippen LogP contribution in [0, 0.1) is 0 Å². The van der Waals surface area contributed by atoms with Gasteiger partial charge in [-0.25, -0.2) is 9.79 Å². The van der Waals surface area contributed by atoms with E-state index in [0.29, 0.717) is 10.5 Å². The first-order valence-corrected chi connectivity index (χ1v) is 9.33. The van der Waals surface area contributed by atoms with Gasteiger partial charge in [-0.2, -0.15) is 0 Å². The van der Waals surface area contributed by atoms with Crippen LogP contribution in [0.25, 0.3) is 17.0 Å². The molecule has 4 rings (SSSR count). The number of nitrogens with one attached hydrogen (secondary N) is 1. The Morgan fingerprint density at radius 1 is 1.14 bits per heavy atom. The summed E-state index contributed by atoms with van der Waals surface area (Å²) < 4.78 is 0. The molecule has 0 radical (unpaired) electrons. The average Bonchev–Trinajstić information content (AvgIpc) is 3.05. The molecule has 1 aliphatic heterocycles. The molecule has 7 heteroatoms. The fourth-order valence-corrected chi connectivity index (χ4v) is 3.70. The van der Waals surface area contributed by atoms with Gasteiger partial charge in [0.2, 0.25) is 0 Å². The second kappa shape index (κ2) is 7.66. The minimum atomic E-state index is -1.08. The highest BCUT2D eigenvalue weighted by molar-refractivity contribution is 8.18. The molecule has 1 atom stereocenters. The second-order valence-electron chi connectivity index (χ2n) is 6.11.